The van der Waals surface area contributed by atoms with Gasteiger partial charge in [0, 0.05) is 5.02 Å². The first kappa shape index (κ1) is 14.4. The summed E-state index contributed by atoms with van der Waals surface area (Å²) < 4.78 is 0. The van der Waals surface area contributed by atoms with Gasteiger partial charge in [0.2, 0.25) is 5.91 Å². The second-order valence-corrected chi connectivity index (χ2v) is 4.78. The third kappa shape index (κ3) is 3.73. The highest BCUT2D eigenvalue weighted by Gasteiger charge is 2.14. The topological polar surface area (TPSA) is 69.6 Å². The highest BCUT2D eigenvalue weighted by Crippen LogP contribution is 2.27. The number of benzene rings is 2. The Bertz CT molecular complexity index is 601. The number of nitrogens with one attached hydrogen (secondary N) is 1. The molecule has 1 atom stereocenters. The van der Waals surface area contributed by atoms with E-state index in [9.17, 15) is 15.0 Å². The Labute approximate surface area is 121 Å². The quantitative estimate of drug-likeness (QED) is 0.758. The number of hydrogen-bond donors (Lipinski definition) is 3. The molecular weight excluding hydrogens is 278 g/mol. The highest BCUT2D eigenvalue weighted by molar-refractivity contribution is 6.31. The second kappa shape index (κ2) is 6.41. The van der Waals surface area contributed by atoms with Gasteiger partial charge in [0.05, 0.1) is 18.2 Å². The Kier molecular flexibility index (Phi) is 4.61. The molecule has 1 amide bonds. The molecule has 0 saturated heterocycles. The number of carbonyl (C=O) groups is 1. The first-order valence-corrected chi connectivity index (χ1v) is 6.45. The lowest BCUT2D eigenvalue weighted by molar-refractivity contribution is -0.118. The molecular formula is C15H14ClNO3. The molecule has 0 fully saturated rings. The second-order valence-electron chi connectivity index (χ2n) is 4.34. The van der Waals surface area contributed by atoms with Gasteiger partial charge in [0.1, 0.15) is 5.75 Å². The van der Waals surface area contributed by atoms with Gasteiger partial charge in [-0.15, -0.1) is 0 Å². The number of rotatable bonds is 4. The van der Waals surface area contributed by atoms with E-state index in [-0.39, 0.29) is 17.9 Å². The summed E-state index contributed by atoms with van der Waals surface area (Å²) in [4.78, 5) is 11.8. The summed E-state index contributed by atoms with van der Waals surface area (Å²) in [5, 5.41) is 22.5. The predicted molar refractivity (Wildman–Crippen MR) is 77.8 cm³/mol. The van der Waals surface area contributed by atoms with Crippen molar-refractivity contribution in [1.82, 2.24) is 0 Å². The van der Waals surface area contributed by atoms with Gasteiger partial charge in [-0.25, -0.2) is 0 Å². The summed E-state index contributed by atoms with van der Waals surface area (Å²) in [5.41, 5.74) is 0.890. The van der Waals surface area contributed by atoms with Crippen molar-refractivity contribution in [3.63, 3.8) is 0 Å². The van der Waals surface area contributed by atoms with Crippen molar-refractivity contribution in [2.24, 2.45) is 0 Å². The van der Waals surface area contributed by atoms with Gasteiger partial charge in [-0.05, 0) is 23.8 Å². The number of carbonyl (C=O) groups excluding carboxylic acids is 1. The SMILES string of the molecule is O=C(CC(O)c1ccccc1)Nc1cc(Cl)ccc1O. The molecule has 3 N–H and O–H groups in total. The van der Waals surface area contributed by atoms with E-state index < -0.39 is 12.0 Å². The van der Waals surface area contributed by atoms with Crippen LogP contribution in [0.4, 0.5) is 5.69 Å². The van der Waals surface area contributed by atoms with Crippen molar-refractivity contribution in [1.29, 1.82) is 0 Å². The van der Waals surface area contributed by atoms with E-state index >= 15 is 0 Å². The summed E-state index contributed by atoms with van der Waals surface area (Å²) in [6.07, 6.45) is -0.992. The molecule has 5 heteroatoms. The van der Waals surface area contributed by atoms with Crippen LogP contribution in [0.5, 0.6) is 5.75 Å². The van der Waals surface area contributed by atoms with Crippen molar-refractivity contribution in [3.05, 3.63) is 59.1 Å². The summed E-state index contributed by atoms with van der Waals surface area (Å²) in [6, 6.07) is 13.3. The van der Waals surface area contributed by atoms with Crippen LogP contribution in [0.1, 0.15) is 18.1 Å². The molecule has 0 bridgehead atoms. The van der Waals surface area contributed by atoms with Gasteiger partial charge in [-0.2, -0.15) is 0 Å². The number of phenols is 1. The van der Waals surface area contributed by atoms with Crippen LogP contribution in [0.25, 0.3) is 0 Å². The lowest BCUT2D eigenvalue weighted by Crippen LogP contribution is -2.15. The molecule has 104 valence electrons. The van der Waals surface area contributed by atoms with E-state index in [1.165, 1.54) is 18.2 Å². The Morgan fingerprint density at radius 1 is 1.20 bits per heavy atom. The van der Waals surface area contributed by atoms with Gasteiger partial charge >= 0.3 is 0 Å². The average molecular weight is 292 g/mol. The molecule has 0 aliphatic rings. The standard InChI is InChI=1S/C15H14ClNO3/c16-11-6-7-13(18)12(8-11)17-15(20)9-14(19)10-4-2-1-3-5-10/h1-8,14,18-19H,9H2,(H,17,20). The summed E-state index contributed by atoms with van der Waals surface area (Å²) >= 11 is 5.79. The van der Waals surface area contributed by atoms with E-state index in [0.29, 0.717) is 10.6 Å². The maximum Gasteiger partial charge on any atom is 0.227 e. The van der Waals surface area contributed by atoms with Crippen molar-refractivity contribution >= 4 is 23.2 Å². The monoisotopic (exact) mass is 291 g/mol. The number of phenolic OH excluding ortho intramolecular Hbond substituents is 1. The minimum Gasteiger partial charge on any atom is -0.506 e. The third-order valence-electron chi connectivity index (χ3n) is 2.80. The number of aliphatic hydroxyl groups is 1. The first-order valence-electron chi connectivity index (χ1n) is 6.07. The average Bonchev–Trinajstić information content (AvgIpc) is 2.43. The van der Waals surface area contributed by atoms with E-state index in [2.05, 4.69) is 5.32 Å². The number of aliphatic hydroxyl groups excluding tert-OH is 1. The van der Waals surface area contributed by atoms with Crippen molar-refractivity contribution in [3.8, 4) is 5.75 Å². The third-order valence-corrected chi connectivity index (χ3v) is 3.03. The molecule has 0 saturated carbocycles. The summed E-state index contributed by atoms with van der Waals surface area (Å²) in [7, 11) is 0. The van der Waals surface area contributed by atoms with Gasteiger partial charge in [-0.1, -0.05) is 41.9 Å². The fourth-order valence-electron chi connectivity index (χ4n) is 1.78. The summed E-state index contributed by atoms with van der Waals surface area (Å²) in [5.74, 6) is -0.476. The molecule has 1 unspecified atom stereocenters. The molecule has 0 aliphatic heterocycles. The zero-order chi connectivity index (χ0) is 14.5. The minimum atomic E-state index is -0.891. The van der Waals surface area contributed by atoms with Crippen molar-refractivity contribution < 1.29 is 15.0 Å². The Morgan fingerprint density at radius 2 is 1.90 bits per heavy atom. The van der Waals surface area contributed by atoms with Crippen LogP contribution in [0, 0.1) is 0 Å². The fourth-order valence-corrected chi connectivity index (χ4v) is 1.95. The lowest BCUT2D eigenvalue weighted by atomic mass is 10.1. The molecule has 0 spiro atoms. The lowest BCUT2D eigenvalue weighted by Gasteiger charge is -2.12. The molecule has 2 rings (SSSR count). The van der Waals surface area contributed by atoms with Crippen LogP contribution in [0.15, 0.2) is 48.5 Å². The van der Waals surface area contributed by atoms with Crippen molar-refractivity contribution in [2.45, 2.75) is 12.5 Å². The smallest absolute Gasteiger partial charge is 0.227 e. The highest BCUT2D eigenvalue weighted by atomic mass is 35.5. The predicted octanol–water partition coefficient (Wildman–Crippen LogP) is 3.11. The van der Waals surface area contributed by atoms with E-state index in [1.54, 1.807) is 24.3 Å². The number of aromatic hydroxyl groups is 1. The molecule has 20 heavy (non-hydrogen) atoms. The maximum absolute atomic E-state index is 11.8. The van der Waals surface area contributed by atoms with Crippen LogP contribution >= 0.6 is 11.6 Å². The molecule has 2 aromatic carbocycles. The van der Waals surface area contributed by atoms with E-state index in [1.807, 2.05) is 6.07 Å². The largest absolute Gasteiger partial charge is 0.506 e. The molecule has 2 aromatic rings. The van der Waals surface area contributed by atoms with Crippen LogP contribution in [0.2, 0.25) is 5.02 Å². The van der Waals surface area contributed by atoms with Gasteiger partial charge in [-0.3, -0.25) is 4.79 Å². The van der Waals surface area contributed by atoms with E-state index in [4.69, 9.17) is 11.6 Å². The molecule has 4 nitrogen and oxygen atoms in total. The number of amides is 1. The Morgan fingerprint density at radius 3 is 2.60 bits per heavy atom. The van der Waals surface area contributed by atoms with E-state index in [0.717, 1.165) is 0 Å². The minimum absolute atomic E-state index is 0.0723. The zero-order valence-electron chi connectivity index (χ0n) is 10.6. The number of anilines is 1. The molecule has 0 aliphatic carbocycles. The number of hydrogen-bond acceptors (Lipinski definition) is 3. The maximum atomic E-state index is 11.8. The van der Waals surface area contributed by atoms with Crippen molar-refractivity contribution in [2.75, 3.05) is 5.32 Å². The normalized spacial score (nSPS) is 11.9. The van der Waals surface area contributed by atoms with Crippen LogP contribution in [-0.4, -0.2) is 16.1 Å². The van der Waals surface area contributed by atoms with Gasteiger partial charge in [0.25, 0.3) is 0 Å². The Balaban J connectivity index is 2.01. The van der Waals surface area contributed by atoms with Crippen LogP contribution in [0.3, 0.4) is 0 Å². The molecule has 0 radical (unpaired) electrons. The van der Waals surface area contributed by atoms with Gasteiger partial charge < -0.3 is 15.5 Å². The van der Waals surface area contributed by atoms with Gasteiger partial charge in [0.15, 0.2) is 0 Å². The Hall–Kier alpha value is -2.04. The van der Waals surface area contributed by atoms with Crippen LogP contribution in [-0.2, 0) is 4.79 Å². The first-order chi connectivity index (χ1) is 9.56. The summed E-state index contributed by atoms with van der Waals surface area (Å²) in [6.45, 7) is 0. The molecule has 0 aromatic heterocycles. The zero-order valence-corrected chi connectivity index (χ0v) is 11.3. The fraction of sp³-hybridized carbons (Fsp3) is 0.133. The molecule has 0 heterocycles. The van der Waals surface area contributed by atoms with Crippen LogP contribution < -0.4 is 5.32 Å². The number of halogens is 1.